The monoisotopic (exact) mass is 305 g/mol. The zero-order valence-electron chi connectivity index (χ0n) is 10.1. The fourth-order valence-corrected chi connectivity index (χ4v) is 2.98. The Morgan fingerprint density at radius 1 is 1.50 bits per heavy atom. The maximum absolute atomic E-state index is 10.2. The van der Waals surface area contributed by atoms with Crippen LogP contribution in [0.15, 0.2) is 15.9 Å². The van der Waals surface area contributed by atoms with Crippen LogP contribution >= 0.6 is 27.3 Å². The van der Waals surface area contributed by atoms with Crippen LogP contribution in [0.5, 0.6) is 0 Å². The van der Waals surface area contributed by atoms with E-state index in [9.17, 15) is 5.11 Å². The molecule has 92 valence electrons. The van der Waals surface area contributed by atoms with Gasteiger partial charge in [-0.1, -0.05) is 13.8 Å². The van der Waals surface area contributed by atoms with Gasteiger partial charge in [0.15, 0.2) is 0 Å². The molecule has 0 aliphatic rings. The van der Waals surface area contributed by atoms with E-state index in [0.717, 1.165) is 17.3 Å². The van der Waals surface area contributed by atoms with Crippen LogP contribution in [-0.4, -0.2) is 17.3 Å². The van der Waals surface area contributed by atoms with Gasteiger partial charge in [0, 0.05) is 27.3 Å². The first-order chi connectivity index (χ1) is 7.50. The molecule has 0 radical (unpaired) electrons. The van der Waals surface area contributed by atoms with Gasteiger partial charge >= 0.3 is 0 Å². The summed E-state index contributed by atoms with van der Waals surface area (Å²) in [4.78, 5) is 1.29. The molecule has 0 bridgehead atoms. The average molecular weight is 306 g/mol. The number of hydrogen-bond acceptors (Lipinski definition) is 3. The van der Waals surface area contributed by atoms with Crippen molar-refractivity contribution in [2.24, 2.45) is 0 Å². The Hall–Kier alpha value is 0.1000. The van der Waals surface area contributed by atoms with E-state index in [0.29, 0.717) is 12.6 Å². The van der Waals surface area contributed by atoms with Crippen LogP contribution < -0.4 is 5.32 Å². The summed E-state index contributed by atoms with van der Waals surface area (Å²) in [5.41, 5.74) is -0.567. The van der Waals surface area contributed by atoms with Crippen LogP contribution in [0.2, 0.25) is 0 Å². The van der Waals surface area contributed by atoms with Gasteiger partial charge in [-0.05, 0) is 41.8 Å². The summed E-state index contributed by atoms with van der Waals surface area (Å²) in [6.45, 7) is 6.83. The van der Waals surface area contributed by atoms with Gasteiger partial charge in [0.25, 0.3) is 0 Å². The largest absolute Gasteiger partial charge is 0.389 e. The minimum absolute atomic E-state index is 0.293. The molecule has 0 aliphatic heterocycles. The van der Waals surface area contributed by atoms with Crippen LogP contribution in [0, 0.1) is 0 Å². The van der Waals surface area contributed by atoms with Gasteiger partial charge in [0.05, 0.1) is 5.60 Å². The average Bonchev–Trinajstić information content (AvgIpc) is 2.72. The molecule has 0 aliphatic carbocycles. The van der Waals surface area contributed by atoms with Crippen LogP contribution in [0.1, 0.15) is 44.5 Å². The molecule has 1 atom stereocenters. The standard InChI is InChI=1S/C12H20BrNOS/c1-4-12(15,5-2)8-14-9(3)11-6-10(13)7-16-11/h6-7,9,14-15H,4-5,8H2,1-3H3. The number of halogens is 1. The van der Waals surface area contributed by atoms with Crippen LogP contribution in [-0.2, 0) is 0 Å². The smallest absolute Gasteiger partial charge is 0.0766 e. The van der Waals surface area contributed by atoms with Crippen molar-refractivity contribution >= 4 is 27.3 Å². The van der Waals surface area contributed by atoms with Crippen molar-refractivity contribution in [3.63, 3.8) is 0 Å². The Morgan fingerprint density at radius 3 is 2.56 bits per heavy atom. The number of thiophene rings is 1. The normalized spacial score (nSPS) is 14.1. The summed E-state index contributed by atoms with van der Waals surface area (Å²) in [7, 11) is 0. The van der Waals surface area contributed by atoms with Gasteiger partial charge in [0.1, 0.15) is 0 Å². The highest BCUT2D eigenvalue weighted by Gasteiger charge is 2.22. The van der Waals surface area contributed by atoms with Gasteiger partial charge in [-0.2, -0.15) is 0 Å². The Bertz CT molecular complexity index is 323. The molecule has 16 heavy (non-hydrogen) atoms. The summed E-state index contributed by atoms with van der Waals surface area (Å²) in [5.74, 6) is 0. The third kappa shape index (κ3) is 3.84. The van der Waals surface area contributed by atoms with Gasteiger partial charge < -0.3 is 10.4 Å². The Balaban J connectivity index is 2.49. The molecule has 1 aromatic heterocycles. The van der Waals surface area contributed by atoms with Crippen molar-refractivity contribution in [1.29, 1.82) is 0 Å². The van der Waals surface area contributed by atoms with Crippen molar-refractivity contribution in [3.05, 3.63) is 20.8 Å². The van der Waals surface area contributed by atoms with E-state index in [-0.39, 0.29) is 0 Å². The minimum Gasteiger partial charge on any atom is -0.389 e. The quantitative estimate of drug-likeness (QED) is 0.839. The molecule has 1 rings (SSSR count). The highest BCUT2D eigenvalue weighted by Crippen LogP contribution is 2.26. The lowest BCUT2D eigenvalue weighted by atomic mass is 9.97. The molecule has 0 saturated heterocycles. The van der Waals surface area contributed by atoms with Gasteiger partial charge in [-0.3, -0.25) is 0 Å². The molecule has 0 amide bonds. The second-order valence-corrected chi connectivity index (χ2v) is 6.06. The summed E-state index contributed by atoms with van der Waals surface area (Å²) < 4.78 is 1.13. The number of hydrogen-bond donors (Lipinski definition) is 2. The second kappa shape index (κ2) is 6.15. The van der Waals surface area contributed by atoms with E-state index in [1.807, 2.05) is 13.8 Å². The van der Waals surface area contributed by atoms with E-state index in [2.05, 4.69) is 39.6 Å². The number of nitrogens with one attached hydrogen (secondary N) is 1. The topological polar surface area (TPSA) is 32.3 Å². The van der Waals surface area contributed by atoms with Gasteiger partial charge in [-0.25, -0.2) is 0 Å². The molecule has 1 heterocycles. The lowest BCUT2D eigenvalue weighted by Crippen LogP contribution is -2.40. The molecule has 0 spiro atoms. The molecule has 4 heteroatoms. The first-order valence-corrected chi connectivity index (χ1v) is 7.37. The van der Waals surface area contributed by atoms with E-state index >= 15 is 0 Å². The zero-order valence-corrected chi connectivity index (χ0v) is 12.5. The fraction of sp³-hybridized carbons (Fsp3) is 0.667. The van der Waals surface area contributed by atoms with Crippen LogP contribution in [0.3, 0.4) is 0 Å². The lowest BCUT2D eigenvalue weighted by molar-refractivity contribution is 0.0304. The number of aliphatic hydroxyl groups is 1. The van der Waals surface area contributed by atoms with Crippen molar-refractivity contribution in [1.82, 2.24) is 5.32 Å². The van der Waals surface area contributed by atoms with Crippen molar-refractivity contribution in [2.75, 3.05) is 6.54 Å². The zero-order chi connectivity index (χ0) is 12.2. The molecule has 1 aromatic rings. The first-order valence-electron chi connectivity index (χ1n) is 5.70. The van der Waals surface area contributed by atoms with E-state index < -0.39 is 5.60 Å². The van der Waals surface area contributed by atoms with E-state index in [4.69, 9.17) is 0 Å². The van der Waals surface area contributed by atoms with Gasteiger partial charge in [0.2, 0.25) is 0 Å². The molecule has 0 fully saturated rings. The number of rotatable bonds is 6. The summed E-state index contributed by atoms with van der Waals surface area (Å²) in [5, 5.41) is 15.6. The van der Waals surface area contributed by atoms with Gasteiger partial charge in [-0.15, -0.1) is 11.3 Å². The van der Waals surface area contributed by atoms with Crippen molar-refractivity contribution in [3.8, 4) is 0 Å². The highest BCUT2D eigenvalue weighted by molar-refractivity contribution is 9.10. The Labute approximate surface area is 110 Å². The molecule has 1 unspecified atom stereocenters. The predicted octanol–water partition coefficient (Wildman–Crippen LogP) is 3.71. The molecular formula is C12H20BrNOS. The fourth-order valence-electron chi connectivity index (χ4n) is 1.50. The van der Waals surface area contributed by atoms with E-state index in [1.54, 1.807) is 11.3 Å². The molecule has 2 nitrogen and oxygen atoms in total. The Morgan fingerprint density at radius 2 is 2.12 bits per heavy atom. The molecular weight excluding hydrogens is 286 g/mol. The third-order valence-corrected chi connectivity index (χ3v) is 4.94. The maximum Gasteiger partial charge on any atom is 0.0766 e. The van der Waals surface area contributed by atoms with Crippen molar-refractivity contribution in [2.45, 2.75) is 45.3 Å². The third-order valence-electron chi connectivity index (χ3n) is 3.07. The lowest BCUT2D eigenvalue weighted by Gasteiger charge is -2.27. The molecule has 0 aromatic carbocycles. The van der Waals surface area contributed by atoms with Crippen LogP contribution in [0.4, 0.5) is 0 Å². The predicted molar refractivity (Wildman–Crippen MR) is 74.0 cm³/mol. The van der Waals surface area contributed by atoms with Crippen molar-refractivity contribution < 1.29 is 5.11 Å². The Kier molecular flexibility index (Phi) is 5.44. The summed E-state index contributed by atoms with van der Waals surface area (Å²) >= 11 is 5.18. The minimum atomic E-state index is -0.567. The first kappa shape index (κ1) is 14.2. The summed E-state index contributed by atoms with van der Waals surface area (Å²) in [6, 6.07) is 2.42. The molecule has 0 saturated carbocycles. The SMILES string of the molecule is CCC(O)(CC)CNC(C)c1cc(Br)cs1. The molecule has 2 N–H and O–H groups in total. The maximum atomic E-state index is 10.2. The highest BCUT2D eigenvalue weighted by atomic mass is 79.9. The second-order valence-electron chi connectivity index (χ2n) is 4.20. The van der Waals surface area contributed by atoms with E-state index in [1.165, 1.54) is 4.88 Å². The summed E-state index contributed by atoms with van der Waals surface area (Å²) in [6.07, 6.45) is 1.58. The van der Waals surface area contributed by atoms with Crippen LogP contribution in [0.25, 0.3) is 0 Å².